The molecule has 0 aliphatic rings. The van der Waals surface area contributed by atoms with Gasteiger partial charge in [-0.05, 0) is 67.4 Å². The highest BCUT2D eigenvalue weighted by Crippen LogP contribution is 2.34. The quantitative estimate of drug-likeness (QED) is 0.219. The van der Waals surface area contributed by atoms with Crippen LogP contribution in [0.4, 0.5) is 8.78 Å². The zero-order chi connectivity index (χ0) is 29.3. The molecule has 5 aromatic rings. The summed E-state index contributed by atoms with van der Waals surface area (Å²) in [5, 5.41) is 0. The first-order valence-corrected chi connectivity index (χ1v) is 12.6. The summed E-state index contributed by atoms with van der Waals surface area (Å²) in [6.45, 7) is 3.40. The number of aromatic nitrogens is 3. The molecule has 8 nitrogen and oxygen atoms in total. The smallest absolute Gasteiger partial charge is 0.266 e. The minimum Gasteiger partial charge on any atom is -0.491 e. The fourth-order valence-corrected chi connectivity index (χ4v) is 4.66. The Morgan fingerprint density at radius 2 is 1.66 bits per heavy atom. The average molecular weight is 558 g/mol. The van der Waals surface area contributed by atoms with Crippen molar-refractivity contribution in [2.24, 2.45) is 0 Å². The molecule has 0 aliphatic heterocycles. The van der Waals surface area contributed by atoms with Crippen molar-refractivity contribution in [3.8, 4) is 28.8 Å². The molecule has 0 saturated heterocycles. The van der Waals surface area contributed by atoms with E-state index in [1.54, 1.807) is 38.1 Å². The average Bonchev–Trinajstić information content (AvgIpc) is 2.94. The van der Waals surface area contributed by atoms with Crippen LogP contribution in [-0.4, -0.2) is 34.5 Å². The Balaban J connectivity index is 1.42. The summed E-state index contributed by atoms with van der Waals surface area (Å²) < 4.78 is 46.3. The van der Waals surface area contributed by atoms with Gasteiger partial charge in [0.05, 0.1) is 25.3 Å². The van der Waals surface area contributed by atoms with Crippen LogP contribution in [0.15, 0.2) is 71.7 Å². The third-order valence-corrected chi connectivity index (χ3v) is 6.55. The maximum Gasteiger partial charge on any atom is 0.266 e. The number of pyridine rings is 3. The van der Waals surface area contributed by atoms with Gasteiger partial charge in [0, 0.05) is 36.1 Å². The molecule has 0 saturated carbocycles. The third-order valence-electron chi connectivity index (χ3n) is 6.55. The molecule has 208 valence electrons. The number of aryl methyl sites for hydroxylation is 2. The van der Waals surface area contributed by atoms with Gasteiger partial charge in [0.1, 0.15) is 11.3 Å². The fourth-order valence-electron chi connectivity index (χ4n) is 4.66. The summed E-state index contributed by atoms with van der Waals surface area (Å²) in [4.78, 5) is 35.3. The standard InChI is InChI=1S/C31H25F2N3O5/c1-17-13-18(2)36(21-8-6-20(32)7-9-21)31(38)28(17)24(37)15-19-5-10-25(22(33)14-19)41-26-11-12-34-23-16-27(39-3)30(40-4)35-29(23)26/h5-14,16H,15H2,1-4H3. The van der Waals surface area contributed by atoms with E-state index < -0.39 is 23.0 Å². The summed E-state index contributed by atoms with van der Waals surface area (Å²) in [7, 11) is 2.93. The largest absolute Gasteiger partial charge is 0.491 e. The van der Waals surface area contributed by atoms with Crippen molar-refractivity contribution in [3.05, 3.63) is 111 Å². The first-order valence-electron chi connectivity index (χ1n) is 12.6. The van der Waals surface area contributed by atoms with Crippen LogP contribution < -0.4 is 19.8 Å². The monoisotopic (exact) mass is 557 g/mol. The van der Waals surface area contributed by atoms with E-state index in [1.807, 2.05) is 0 Å². The van der Waals surface area contributed by atoms with Crippen molar-refractivity contribution < 1.29 is 27.8 Å². The van der Waals surface area contributed by atoms with Crippen LogP contribution in [0.3, 0.4) is 0 Å². The fraction of sp³-hybridized carbons (Fsp3) is 0.161. The molecule has 0 bridgehead atoms. The third kappa shape index (κ3) is 5.36. The van der Waals surface area contributed by atoms with Gasteiger partial charge >= 0.3 is 0 Å². The molecule has 41 heavy (non-hydrogen) atoms. The second-order valence-corrected chi connectivity index (χ2v) is 9.30. The van der Waals surface area contributed by atoms with Gasteiger partial charge in [-0.2, -0.15) is 0 Å². The molecule has 0 amide bonds. The topological polar surface area (TPSA) is 92.5 Å². The van der Waals surface area contributed by atoms with Crippen LogP contribution in [0.25, 0.3) is 16.7 Å². The molecule has 0 radical (unpaired) electrons. The summed E-state index contributed by atoms with van der Waals surface area (Å²) in [6, 6.07) is 14.5. The molecule has 0 fully saturated rings. The van der Waals surface area contributed by atoms with Gasteiger partial charge in [0.2, 0.25) is 0 Å². The summed E-state index contributed by atoms with van der Waals surface area (Å²) in [6.07, 6.45) is 1.29. The number of ether oxygens (including phenoxy) is 3. The van der Waals surface area contributed by atoms with Crippen molar-refractivity contribution in [2.45, 2.75) is 20.3 Å². The minimum absolute atomic E-state index is 0.0145. The van der Waals surface area contributed by atoms with Gasteiger partial charge in [0.15, 0.2) is 28.8 Å². The molecule has 3 aromatic heterocycles. The summed E-state index contributed by atoms with van der Waals surface area (Å²) >= 11 is 0. The number of carbonyl (C=O) groups excluding carboxylic acids is 1. The van der Waals surface area contributed by atoms with Crippen molar-refractivity contribution >= 4 is 16.8 Å². The van der Waals surface area contributed by atoms with E-state index in [0.29, 0.717) is 39.3 Å². The van der Waals surface area contributed by atoms with E-state index >= 15 is 4.39 Å². The number of nitrogens with zero attached hydrogens (tertiary/aromatic N) is 3. The molecule has 0 atom stereocenters. The first-order chi connectivity index (χ1) is 19.7. The molecular formula is C31H25F2N3O5. The predicted molar refractivity (Wildman–Crippen MR) is 149 cm³/mol. The van der Waals surface area contributed by atoms with E-state index in [9.17, 15) is 14.0 Å². The van der Waals surface area contributed by atoms with Crippen LogP contribution in [0.2, 0.25) is 0 Å². The minimum atomic E-state index is -0.704. The number of halogens is 2. The summed E-state index contributed by atoms with van der Waals surface area (Å²) in [5.74, 6) is -0.849. The number of hydrogen-bond donors (Lipinski definition) is 0. The molecular weight excluding hydrogens is 532 g/mol. The lowest BCUT2D eigenvalue weighted by atomic mass is 9.99. The Kier molecular flexibility index (Phi) is 7.47. The summed E-state index contributed by atoms with van der Waals surface area (Å²) in [5.41, 5.74) is 2.15. The van der Waals surface area contributed by atoms with E-state index in [1.165, 1.54) is 61.4 Å². The Labute approximate surface area is 233 Å². The van der Waals surface area contributed by atoms with Gasteiger partial charge in [-0.25, -0.2) is 13.8 Å². The van der Waals surface area contributed by atoms with E-state index in [0.717, 1.165) is 0 Å². The van der Waals surface area contributed by atoms with Crippen molar-refractivity contribution in [2.75, 3.05) is 14.2 Å². The highest BCUT2D eigenvalue weighted by atomic mass is 19.1. The molecule has 10 heteroatoms. The Bertz CT molecular complexity index is 1850. The van der Waals surface area contributed by atoms with Gasteiger partial charge in [0.25, 0.3) is 11.4 Å². The highest BCUT2D eigenvalue weighted by Gasteiger charge is 2.20. The van der Waals surface area contributed by atoms with Crippen LogP contribution >= 0.6 is 0 Å². The number of methoxy groups -OCH3 is 2. The van der Waals surface area contributed by atoms with Crippen molar-refractivity contribution in [3.63, 3.8) is 0 Å². The van der Waals surface area contributed by atoms with Gasteiger partial charge in [-0.15, -0.1) is 0 Å². The molecule has 5 rings (SSSR count). The number of ketones is 1. The number of hydrogen-bond acceptors (Lipinski definition) is 7. The number of Topliss-reactive ketones (excluding diaryl/α,β-unsaturated/α-hetero) is 1. The van der Waals surface area contributed by atoms with Gasteiger partial charge in [-0.3, -0.25) is 19.1 Å². The number of fused-ring (bicyclic) bond motifs is 1. The normalized spacial score (nSPS) is 11.0. The van der Waals surface area contributed by atoms with Gasteiger partial charge < -0.3 is 14.2 Å². The Morgan fingerprint density at radius 3 is 2.34 bits per heavy atom. The zero-order valence-corrected chi connectivity index (χ0v) is 22.7. The number of carbonyl (C=O) groups is 1. The van der Waals surface area contributed by atoms with Crippen molar-refractivity contribution in [1.29, 1.82) is 0 Å². The Morgan fingerprint density at radius 1 is 0.902 bits per heavy atom. The molecule has 2 aromatic carbocycles. The first kappa shape index (κ1) is 27.4. The second-order valence-electron chi connectivity index (χ2n) is 9.30. The van der Waals surface area contributed by atoms with Crippen molar-refractivity contribution in [1.82, 2.24) is 14.5 Å². The van der Waals surface area contributed by atoms with E-state index in [4.69, 9.17) is 14.2 Å². The van der Waals surface area contributed by atoms with Crippen LogP contribution in [-0.2, 0) is 6.42 Å². The number of rotatable bonds is 8. The molecule has 0 unspecified atom stereocenters. The van der Waals surface area contributed by atoms with Crippen LogP contribution in [0.5, 0.6) is 23.1 Å². The van der Waals surface area contributed by atoms with E-state index in [-0.39, 0.29) is 29.4 Å². The lowest BCUT2D eigenvalue weighted by molar-refractivity contribution is 0.0990. The molecule has 0 N–H and O–H groups in total. The number of benzene rings is 2. The van der Waals surface area contributed by atoms with Crippen LogP contribution in [0.1, 0.15) is 27.2 Å². The van der Waals surface area contributed by atoms with E-state index in [2.05, 4.69) is 9.97 Å². The predicted octanol–water partition coefficient (Wildman–Crippen LogP) is 5.91. The van der Waals surface area contributed by atoms with Crippen LogP contribution in [0, 0.1) is 25.5 Å². The molecule has 0 spiro atoms. The Hall–Kier alpha value is -5.12. The maximum atomic E-state index is 15.2. The lowest BCUT2D eigenvalue weighted by Crippen LogP contribution is -2.29. The SMILES string of the molecule is COc1cc2nccc(Oc3ccc(CC(=O)c4c(C)cc(C)n(-c5ccc(F)cc5)c4=O)cc3F)c2nc1OC. The maximum absolute atomic E-state index is 15.2. The second kappa shape index (κ2) is 11.2. The van der Waals surface area contributed by atoms with Gasteiger partial charge in [-0.1, -0.05) is 6.07 Å². The highest BCUT2D eigenvalue weighted by molar-refractivity contribution is 5.98. The zero-order valence-electron chi connectivity index (χ0n) is 22.7. The lowest BCUT2D eigenvalue weighted by Gasteiger charge is -2.14. The molecule has 3 heterocycles. The molecule has 0 aliphatic carbocycles.